The first-order valence-electron chi connectivity index (χ1n) is 6.43. The van der Waals surface area contributed by atoms with Crippen LogP contribution in [0.4, 0.5) is 11.4 Å². The van der Waals surface area contributed by atoms with Crippen LogP contribution in [0.3, 0.4) is 0 Å². The van der Waals surface area contributed by atoms with Gasteiger partial charge in [0.25, 0.3) is 0 Å². The van der Waals surface area contributed by atoms with E-state index in [-0.39, 0.29) is 5.54 Å². The molecule has 0 saturated carbocycles. The maximum absolute atomic E-state index is 6.06. The van der Waals surface area contributed by atoms with Crippen molar-refractivity contribution in [2.75, 3.05) is 36.8 Å². The molecule has 0 amide bonds. The summed E-state index contributed by atoms with van der Waals surface area (Å²) in [6, 6.07) is 6.07. The molecule has 4 heteroatoms. The molecule has 0 spiro atoms. The van der Waals surface area contributed by atoms with Gasteiger partial charge in [-0.15, -0.1) is 0 Å². The molecule has 0 aliphatic carbocycles. The van der Waals surface area contributed by atoms with Crippen LogP contribution in [0.5, 0.6) is 0 Å². The van der Waals surface area contributed by atoms with Crippen molar-refractivity contribution in [2.45, 2.75) is 26.3 Å². The Morgan fingerprint density at radius 1 is 1.11 bits per heavy atom. The van der Waals surface area contributed by atoms with Crippen molar-refractivity contribution in [3.63, 3.8) is 0 Å². The third kappa shape index (κ3) is 2.98. The van der Waals surface area contributed by atoms with Gasteiger partial charge in [-0.05, 0) is 39.0 Å². The average Bonchev–Trinajstić information content (AvgIpc) is 2.31. The van der Waals surface area contributed by atoms with Crippen molar-refractivity contribution >= 4 is 27.3 Å². The second-order valence-electron chi connectivity index (χ2n) is 5.85. The molecule has 2 N–H and O–H groups in total. The van der Waals surface area contributed by atoms with Crippen molar-refractivity contribution in [1.29, 1.82) is 0 Å². The number of piperazine rings is 1. The maximum Gasteiger partial charge on any atom is 0.0612 e. The van der Waals surface area contributed by atoms with Crippen LogP contribution in [0.1, 0.15) is 20.8 Å². The van der Waals surface area contributed by atoms with Gasteiger partial charge in [0.1, 0.15) is 0 Å². The summed E-state index contributed by atoms with van der Waals surface area (Å²) >= 11 is 3.51. The Morgan fingerprint density at radius 2 is 1.72 bits per heavy atom. The molecule has 0 radical (unpaired) electrons. The van der Waals surface area contributed by atoms with E-state index in [1.54, 1.807) is 0 Å². The standard InChI is InChI=1S/C14H22BrN3/c1-14(2,3)18-8-6-17(7-9-18)13-10-11(15)4-5-12(13)16/h4-5,10H,6-9,16H2,1-3H3. The van der Waals surface area contributed by atoms with Crippen LogP contribution in [-0.2, 0) is 0 Å². The third-order valence-corrected chi connectivity index (χ3v) is 4.05. The molecule has 1 aliphatic heterocycles. The van der Waals surface area contributed by atoms with Crippen molar-refractivity contribution in [3.8, 4) is 0 Å². The normalized spacial score (nSPS) is 18.1. The lowest BCUT2D eigenvalue weighted by Crippen LogP contribution is -2.53. The molecule has 1 heterocycles. The molecule has 0 aromatic heterocycles. The summed E-state index contributed by atoms with van der Waals surface area (Å²) < 4.78 is 1.09. The molecular formula is C14H22BrN3. The van der Waals surface area contributed by atoms with Gasteiger partial charge in [-0.25, -0.2) is 0 Å². The molecule has 100 valence electrons. The number of nitrogens with zero attached hydrogens (tertiary/aromatic N) is 2. The van der Waals surface area contributed by atoms with Crippen molar-refractivity contribution in [3.05, 3.63) is 22.7 Å². The maximum atomic E-state index is 6.06. The molecule has 1 aromatic carbocycles. The van der Waals surface area contributed by atoms with Crippen molar-refractivity contribution < 1.29 is 0 Å². The summed E-state index contributed by atoms with van der Waals surface area (Å²) in [6.07, 6.45) is 0. The van der Waals surface area contributed by atoms with Gasteiger partial charge >= 0.3 is 0 Å². The molecule has 1 aromatic rings. The van der Waals surface area contributed by atoms with E-state index >= 15 is 0 Å². The third-order valence-electron chi connectivity index (χ3n) is 3.56. The number of nitrogen functional groups attached to an aromatic ring is 1. The zero-order valence-electron chi connectivity index (χ0n) is 11.4. The van der Waals surface area contributed by atoms with Crippen molar-refractivity contribution in [1.82, 2.24) is 4.90 Å². The molecule has 1 saturated heterocycles. The van der Waals surface area contributed by atoms with E-state index in [9.17, 15) is 0 Å². The monoisotopic (exact) mass is 311 g/mol. The highest BCUT2D eigenvalue weighted by Gasteiger charge is 2.26. The van der Waals surface area contributed by atoms with Gasteiger partial charge in [0, 0.05) is 36.2 Å². The highest BCUT2D eigenvalue weighted by molar-refractivity contribution is 9.10. The molecule has 3 nitrogen and oxygen atoms in total. The van der Waals surface area contributed by atoms with Crippen LogP contribution < -0.4 is 10.6 Å². The predicted molar refractivity (Wildman–Crippen MR) is 82.1 cm³/mol. The molecular weight excluding hydrogens is 290 g/mol. The van der Waals surface area contributed by atoms with Crippen LogP contribution in [0.2, 0.25) is 0 Å². The predicted octanol–water partition coefficient (Wildman–Crippen LogP) is 2.95. The number of halogens is 1. The minimum absolute atomic E-state index is 0.259. The van der Waals surface area contributed by atoms with Gasteiger partial charge in [0.15, 0.2) is 0 Å². The molecule has 18 heavy (non-hydrogen) atoms. The molecule has 1 aliphatic rings. The van der Waals surface area contributed by atoms with Crippen LogP contribution in [0, 0.1) is 0 Å². The van der Waals surface area contributed by atoms with Gasteiger partial charge in [-0.3, -0.25) is 4.90 Å². The minimum atomic E-state index is 0.259. The van der Waals surface area contributed by atoms with E-state index in [0.29, 0.717) is 0 Å². The Morgan fingerprint density at radius 3 is 2.28 bits per heavy atom. The van der Waals surface area contributed by atoms with Crippen LogP contribution >= 0.6 is 15.9 Å². The number of benzene rings is 1. The summed E-state index contributed by atoms with van der Waals surface area (Å²) in [5.74, 6) is 0. The van der Waals surface area contributed by atoms with Crippen molar-refractivity contribution in [2.24, 2.45) is 0 Å². The molecule has 0 unspecified atom stereocenters. The number of hydrogen-bond donors (Lipinski definition) is 1. The Bertz CT molecular complexity index is 418. The van der Waals surface area contributed by atoms with Gasteiger partial charge in [0.2, 0.25) is 0 Å². The summed E-state index contributed by atoms with van der Waals surface area (Å²) in [5, 5.41) is 0. The van der Waals surface area contributed by atoms with E-state index in [1.807, 2.05) is 12.1 Å². The Balaban J connectivity index is 2.08. The SMILES string of the molecule is CC(C)(C)N1CCN(c2cc(Br)ccc2N)CC1. The molecule has 0 bridgehead atoms. The Kier molecular flexibility index (Phi) is 3.87. The van der Waals surface area contributed by atoms with Crippen LogP contribution in [0.25, 0.3) is 0 Å². The van der Waals surface area contributed by atoms with E-state index in [2.05, 4.69) is 52.6 Å². The van der Waals surface area contributed by atoms with Crippen LogP contribution in [-0.4, -0.2) is 36.6 Å². The minimum Gasteiger partial charge on any atom is -0.397 e. The first-order chi connectivity index (χ1) is 8.38. The fraction of sp³-hybridized carbons (Fsp3) is 0.571. The van der Waals surface area contributed by atoms with Gasteiger partial charge < -0.3 is 10.6 Å². The van der Waals surface area contributed by atoms with E-state index in [4.69, 9.17) is 5.73 Å². The lowest BCUT2D eigenvalue weighted by atomic mass is 10.0. The Hall–Kier alpha value is -0.740. The van der Waals surface area contributed by atoms with E-state index in [0.717, 1.165) is 42.0 Å². The fourth-order valence-electron chi connectivity index (χ4n) is 2.41. The fourth-order valence-corrected chi connectivity index (χ4v) is 2.76. The second kappa shape index (κ2) is 5.10. The summed E-state index contributed by atoms with van der Waals surface area (Å²) in [6.45, 7) is 11.1. The summed E-state index contributed by atoms with van der Waals surface area (Å²) in [5.41, 5.74) is 8.34. The zero-order chi connectivity index (χ0) is 13.3. The highest BCUT2D eigenvalue weighted by Crippen LogP contribution is 2.28. The highest BCUT2D eigenvalue weighted by atomic mass is 79.9. The summed E-state index contributed by atoms with van der Waals surface area (Å²) in [4.78, 5) is 4.90. The molecule has 1 fully saturated rings. The number of nitrogens with two attached hydrogens (primary N) is 1. The first-order valence-corrected chi connectivity index (χ1v) is 7.22. The van der Waals surface area contributed by atoms with Gasteiger partial charge in [-0.1, -0.05) is 15.9 Å². The number of rotatable bonds is 1. The number of anilines is 2. The lowest BCUT2D eigenvalue weighted by molar-refractivity contribution is 0.128. The van der Waals surface area contributed by atoms with Gasteiger partial charge in [-0.2, -0.15) is 0 Å². The quantitative estimate of drug-likeness (QED) is 0.809. The molecule has 0 atom stereocenters. The largest absolute Gasteiger partial charge is 0.397 e. The summed E-state index contributed by atoms with van der Waals surface area (Å²) in [7, 11) is 0. The first kappa shape index (κ1) is 13.7. The molecule has 2 rings (SSSR count). The van der Waals surface area contributed by atoms with Gasteiger partial charge in [0.05, 0.1) is 11.4 Å². The van der Waals surface area contributed by atoms with E-state index in [1.165, 1.54) is 0 Å². The smallest absolute Gasteiger partial charge is 0.0612 e. The topological polar surface area (TPSA) is 32.5 Å². The average molecular weight is 312 g/mol. The number of hydrogen-bond acceptors (Lipinski definition) is 3. The van der Waals surface area contributed by atoms with Crippen LogP contribution in [0.15, 0.2) is 22.7 Å². The van der Waals surface area contributed by atoms with E-state index < -0.39 is 0 Å². The Labute approximate surface area is 118 Å². The lowest BCUT2D eigenvalue weighted by Gasteiger charge is -2.43. The second-order valence-corrected chi connectivity index (χ2v) is 6.76. The zero-order valence-corrected chi connectivity index (χ0v) is 13.0.